The number of piperidine rings is 2. The SMILES string of the molecule is O=C(O)CC1(O)CCN(c2ccc(NCC3CCC(=O)NC3=O)cc2F)CC1. The molecule has 4 N–H and O–H groups in total. The van der Waals surface area contributed by atoms with Gasteiger partial charge in [-0.1, -0.05) is 0 Å². The van der Waals surface area contributed by atoms with Gasteiger partial charge < -0.3 is 20.4 Å². The fourth-order valence-electron chi connectivity index (χ4n) is 3.67. The number of aliphatic carboxylic acids is 1. The number of aliphatic hydroxyl groups is 1. The Balaban J connectivity index is 1.56. The largest absolute Gasteiger partial charge is 0.481 e. The first-order chi connectivity index (χ1) is 13.3. The molecule has 0 bridgehead atoms. The number of hydrogen-bond acceptors (Lipinski definition) is 6. The first-order valence-corrected chi connectivity index (χ1v) is 9.32. The highest BCUT2D eigenvalue weighted by atomic mass is 19.1. The quantitative estimate of drug-likeness (QED) is 0.534. The second kappa shape index (κ2) is 8.14. The summed E-state index contributed by atoms with van der Waals surface area (Å²) in [5.41, 5.74) is -0.323. The number of carbonyl (C=O) groups excluding carboxylic acids is 2. The van der Waals surface area contributed by atoms with E-state index in [4.69, 9.17) is 5.11 Å². The average molecular weight is 393 g/mol. The Kier molecular flexibility index (Phi) is 5.83. The van der Waals surface area contributed by atoms with Crippen molar-refractivity contribution in [3.8, 4) is 0 Å². The number of carboxylic acid groups (broad SMARTS) is 1. The van der Waals surface area contributed by atoms with Crippen LogP contribution < -0.4 is 15.5 Å². The molecule has 9 heteroatoms. The molecule has 1 aromatic rings. The smallest absolute Gasteiger partial charge is 0.306 e. The zero-order valence-corrected chi connectivity index (χ0v) is 15.4. The molecule has 2 aliphatic rings. The van der Waals surface area contributed by atoms with Gasteiger partial charge in [-0.05, 0) is 37.5 Å². The van der Waals surface area contributed by atoms with E-state index in [9.17, 15) is 23.9 Å². The van der Waals surface area contributed by atoms with Gasteiger partial charge >= 0.3 is 5.97 Å². The van der Waals surface area contributed by atoms with Gasteiger partial charge in [-0.2, -0.15) is 0 Å². The van der Waals surface area contributed by atoms with Gasteiger partial charge in [0.05, 0.1) is 23.6 Å². The van der Waals surface area contributed by atoms with Crippen LogP contribution in [0.25, 0.3) is 0 Å². The third-order valence-electron chi connectivity index (χ3n) is 5.37. The molecule has 0 aromatic heterocycles. The van der Waals surface area contributed by atoms with Gasteiger partial charge in [-0.3, -0.25) is 19.7 Å². The third kappa shape index (κ3) is 4.78. The fourth-order valence-corrected chi connectivity index (χ4v) is 3.67. The van der Waals surface area contributed by atoms with Gasteiger partial charge in [0.15, 0.2) is 0 Å². The van der Waals surface area contributed by atoms with E-state index in [0.717, 1.165) is 0 Å². The van der Waals surface area contributed by atoms with Gasteiger partial charge in [0.2, 0.25) is 11.8 Å². The number of carbonyl (C=O) groups is 3. The molecule has 28 heavy (non-hydrogen) atoms. The van der Waals surface area contributed by atoms with Crippen LogP contribution in [0.5, 0.6) is 0 Å². The maximum Gasteiger partial charge on any atom is 0.306 e. The van der Waals surface area contributed by atoms with Crippen molar-refractivity contribution in [3.63, 3.8) is 0 Å². The monoisotopic (exact) mass is 393 g/mol. The minimum atomic E-state index is -1.25. The summed E-state index contributed by atoms with van der Waals surface area (Å²) in [7, 11) is 0. The van der Waals surface area contributed by atoms with E-state index in [1.54, 1.807) is 17.0 Å². The van der Waals surface area contributed by atoms with Crippen LogP contribution in [0.3, 0.4) is 0 Å². The number of amides is 2. The molecule has 0 radical (unpaired) electrons. The lowest BCUT2D eigenvalue weighted by molar-refractivity contribution is -0.143. The molecule has 1 aromatic carbocycles. The third-order valence-corrected chi connectivity index (χ3v) is 5.37. The molecule has 2 fully saturated rings. The van der Waals surface area contributed by atoms with E-state index in [0.29, 0.717) is 43.9 Å². The van der Waals surface area contributed by atoms with Crippen LogP contribution >= 0.6 is 0 Å². The Morgan fingerprint density at radius 2 is 2.04 bits per heavy atom. The van der Waals surface area contributed by atoms with Crippen molar-refractivity contribution < 1.29 is 29.0 Å². The van der Waals surface area contributed by atoms with Crippen molar-refractivity contribution in [3.05, 3.63) is 24.0 Å². The normalized spacial score (nSPS) is 21.9. The molecule has 0 aliphatic carbocycles. The highest BCUT2D eigenvalue weighted by Crippen LogP contribution is 2.31. The van der Waals surface area contributed by atoms with E-state index < -0.39 is 17.4 Å². The topological polar surface area (TPSA) is 119 Å². The van der Waals surface area contributed by atoms with E-state index in [1.807, 2.05) is 0 Å². The number of rotatable bonds is 6. The lowest BCUT2D eigenvalue weighted by Gasteiger charge is -2.38. The number of anilines is 2. The minimum absolute atomic E-state index is 0.258. The molecular weight excluding hydrogens is 369 g/mol. The second-order valence-corrected chi connectivity index (χ2v) is 7.48. The van der Waals surface area contributed by atoms with Gasteiger partial charge in [0, 0.05) is 31.7 Å². The van der Waals surface area contributed by atoms with Crippen LogP contribution in [0.15, 0.2) is 18.2 Å². The summed E-state index contributed by atoms with van der Waals surface area (Å²) in [4.78, 5) is 35.6. The van der Waals surface area contributed by atoms with E-state index in [-0.39, 0.29) is 37.0 Å². The van der Waals surface area contributed by atoms with Crippen molar-refractivity contribution >= 4 is 29.2 Å². The fraction of sp³-hybridized carbons (Fsp3) is 0.526. The van der Waals surface area contributed by atoms with Crippen molar-refractivity contribution in [1.29, 1.82) is 0 Å². The van der Waals surface area contributed by atoms with Crippen molar-refractivity contribution in [2.24, 2.45) is 5.92 Å². The van der Waals surface area contributed by atoms with Crippen LogP contribution in [0.2, 0.25) is 0 Å². The lowest BCUT2D eigenvalue weighted by Crippen LogP contribution is -2.45. The predicted molar refractivity (Wildman–Crippen MR) is 99.4 cm³/mol. The summed E-state index contributed by atoms with van der Waals surface area (Å²) in [5.74, 6) is -2.41. The molecule has 8 nitrogen and oxygen atoms in total. The zero-order valence-electron chi connectivity index (χ0n) is 15.4. The number of carboxylic acids is 1. The summed E-state index contributed by atoms with van der Waals surface area (Å²) in [6, 6.07) is 4.69. The van der Waals surface area contributed by atoms with Crippen LogP contribution in [0.1, 0.15) is 32.1 Å². The molecule has 3 rings (SSSR count). The van der Waals surface area contributed by atoms with Crippen molar-refractivity contribution in [1.82, 2.24) is 5.32 Å². The second-order valence-electron chi connectivity index (χ2n) is 7.48. The van der Waals surface area contributed by atoms with Crippen LogP contribution in [0, 0.1) is 11.7 Å². The molecule has 1 unspecified atom stereocenters. The Morgan fingerprint density at radius 3 is 2.64 bits per heavy atom. The van der Waals surface area contributed by atoms with E-state index in [2.05, 4.69) is 10.6 Å². The molecule has 152 valence electrons. The number of halogens is 1. The first-order valence-electron chi connectivity index (χ1n) is 9.32. The molecular formula is C19H24FN3O5. The highest BCUT2D eigenvalue weighted by molar-refractivity contribution is 5.98. The number of benzene rings is 1. The molecule has 0 saturated carbocycles. The van der Waals surface area contributed by atoms with Crippen LogP contribution in [0.4, 0.5) is 15.8 Å². The Labute approximate surface area is 161 Å². The Hall–Kier alpha value is -2.68. The number of nitrogens with one attached hydrogen (secondary N) is 2. The van der Waals surface area contributed by atoms with Crippen LogP contribution in [-0.4, -0.2) is 53.2 Å². The minimum Gasteiger partial charge on any atom is -0.481 e. The van der Waals surface area contributed by atoms with Gasteiger partial charge in [-0.25, -0.2) is 4.39 Å². The van der Waals surface area contributed by atoms with E-state index in [1.165, 1.54) is 6.07 Å². The number of hydrogen-bond donors (Lipinski definition) is 4. The summed E-state index contributed by atoms with van der Waals surface area (Å²) in [6.07, 6.45) is 0.967. The molecule has 2 aliphatic heterocycles. The predicted octanol–water partition coefficient (Wildman–Crippen LogP) is 1.10. The summed E-state index contributed by atoms with van der Waals surface area (Å²) in [6.45, 7) is 1.04. The molecule has 2 saturated heterocycles. The Bertz CT molecular complexity index is 777. The molecule has 2 heterocycles. The number of imide groups is 1. The summed E-state index contributed by atoms with van der Waals surface area (Å²) >= 11 is 0. The summed E-state index contributed by atoms with van der Waals surface area (Å²) < 4.78 is 14.6. The zero-order chi connectivity index (χ0) is 20.3. The lowest BCUT2D eigenvalue weighted by atomic mass is 9.88. The maximum absolute atomic E-state index is 14.6. The van der Waals surface area contributed by atoms with Crippen LogP contribution in [-0.2, 0) is 14.4 Å². The molecule has 1 atom stereocenters. The standard InChI is InChI=1S/C19H24FN3O5/c20-14-9-13(21-11-12-1-4-16(24)22-18(12)27)2-3-15(14)23-7-5-19(28,6-8-23)10-17(25)26/h2-3,9,12,21,28H,1,4-8,10-11H2,(H,25,26)(H,22,24,27). The van der Waals surface area contributed by atoms with Crippen molar-refractivity contribution in [2.45, 2.75) is 37.7 Å². The van der Waals surface area contributed by atoms with Gasteiger partial charge in [-0.15, -0.1) is 0 Å². The maximum atomic E-state index is 14.6. The highest BCUT2D eigenvalue weighted by Gasteiger charge is 2.35. The molecule has 2 amide bonds. The Morgan fingerprint density at radius 1 is 1.32 bits per heavy atom. The number of nitrogens with zero attached hydrogens (tertiary/aromatic N) is 1. The molecule has 0 spiro atoms. The first kappa shape index (κ1) is 20.1. The summed E-state index contributed by atoms with van der Waals surface area (Å²) in [5, 5.41) is 24.5. The van der Waals surface area contributed by atoms with Gasteiger partial charge in [0.25, 0.3) is 0 Å². The van der Waals surface area contributed by atoms with E-state index >= 15 is 0 Å². The average Bonchev–Trinajstić information content (AvgIpc) is 2.61. The van der Waals surface area contributed by atoms with Gasteiger partial charge in [0.1, 0.15) is 5.82 Å². The van der Waals surface area contributed by atoms with Crippen molar-refractivity contribution in [2.75, 3.05) is 29.9 Å².